The number of para-hydroxylation sites is 2. The van der Waals surface area contributed by atoms with Crippen LogP contribution in [0.25, 0.3) is 21.9 Å². The first-order valence-corrected chi connectivity index (χ1v) is 12.0. The van der Waals surface area contributed by atoms with Crippen molar-refractivity contribution in [1.82, 2.24) is 10.3 Å². The van der Waals surface area contributed by atoms with Crippen molar-refractivity contribution < 1.29 is 23.8 Å². The average molecular weight is 497 g/mol. The van der Waals surface area contributed by atoms with Crippen molar-refractivity contribution >= 4 is 27.8 Å². The summed E-state index contributed by atoms with van der Waals surface area (Å²) in [7, 11) is 0. The Morgan fingerprint density at radius 2 is 1.78 bits per heavy atom. The lowest BCUT2D eigenvalue weighted by atomic mass is 9.87. The van der Waals surface area contributed by atoms with Gasteiger partial charge in [0, 0.05) is 36.0 Å². The number of carbonyl (C=O) groups excluding carboxylic acids is 1. The molecule has 0 saturated carbocycles. The molecule has 0 unspecified atom stereocenters. The number of nitrogens with one attached hydrogen (secondary N) is 2. The van der Waals surface area contributed by atoms with Gasteiger partial charge in [-0.2, -0.15) is 0 Å². The monoisotopic (exact) mass is 496 g/mol. The van der Waals surface area contributed by atoms with E-state index in [1.807, 2.05) is 30.5 Å². The number of hydrogen-bond acceptors (Lipinski definition) is 6. The van der Waals surface area contributed by atoms with Gasteiger partial charge < -0.3 is 29.3 Å². The SMILES string of the molecule is O=C(C[C@H](c1ccc2c(c1)OCO2)c1c(O)c2ccccc2oc1=O)NCCc1c[nH]c2ccccc12. The third kappa shape index (κ3) is 4.27. The number of aromatic nitrogens is 1. The Balaban J connectivity index is 1.29. The summed E-state index contributed by atoms with van der Waals surface area (Å²) in [5, 5.41) is 15.6. The van der Waals surface area contributed by atoms with E-state index in [1.54, 1.807) is 42.5 Å². The standard InChI is InChI=1S/C29H24N2O6/c32-26(30-12-11-18-15-31-22-7-3-1-5-19(18)22)14-21(17-9-10-24-25(13-17)36-16-35-24)27-28(33)20-6-2-4-8-23(20)37-29(27)34/h1-10,13,15,21,31,33H,11-12,14,16H2,(H,30,32)/t21-/m1/s1. The summed E-state index contributed by atoms with van der Waals surface area (Å²) < 4.78 is 16.4. The van der Waals surface area contributed by atoms with Crippen molar-refractivity contribution in [2.75, 3.05) is 13.3 Å². The molecule has 37 heavy (non-hydrogen) atoms. The highest BCUT2D eigenvalue weighted by Crippen LogP contribution is 2.40. The molecule has 1 aliphatic rings. The van der Waals surface area contributed by atoms with Crippen LogP contribution in [-0.2, 0) is 11.2 Å². The van der Waals surface area contributed by atoms with Crippen LogP contribution in [0.2, 0.25) is 0 Å². The quantitative estimate of drug-likeness (QED) is 0.284. The van der Waals surface area contributed by atoms with Crippen molar-refractivity contribution in [3.63, 3.8) is 0 Å². The van der Waals surface area contributed by atoms with Crippen LogP contribution in [-0.4, -0.2) is 29.3 Å². The molecule has 6 rings (SSSR count). The van der Waals surface area contributed by atoms with Crippen LogP contribution in [0.3, 0.4) is 0 Å². The third-order valence-corrected chi connectivity index (χ3v) is 6.75. The van der Waals surface area contributed by atoms with Gasteiger partial charge in [0.25, 0.3) is 0 Å². The van der Waals surface area contributed by atoms with E-state index in [9.17, 15) is 14.7 Å². The Morgan fingerprint density at radius 3 is 2.68 bits per heavy atom. The molecule has 8 heteroatoms. The largest absolute Gasteiger partial charge is 0.507 e. The Hall–Kier alpha value is -4.72. The van der Waals surface area contributed by atoms with Gasteiger partial charge in [-0.05, 0) is 47.9 Å². The van der Waals surface area contributed by atoms with Gasteiger partial charge in [0.15, 0.2) is 11.5 Å². The highest BCUT2D eigenvalue weighted by Gasteiger charge is 2.28. The normalized spacial score (nSPS) is 13.2. The average Bonchev–Trinajstić information content (AvgIpc) is 3.55. The summed E-state index contributed by atoms with van der Waals surface area (Å²) in [5.41, 5.74) is 2.41. The molecule has 3 heterocycles. The predicted octanol–water partition coefficient (Wildman–Crippen LogP) is 4.59. The molecule has 3 N–H and O–H groups in total. The van der Waals surface area contributed by atoms with E-state index in [4.69, 9.17) is 13.9 Å². The number of benzene rings is 3. The van der Waals surface area contributed by atoms with Crippen LogP contribution in [0.15, 0.2) is 82.1 Å². The Labute approximate surface area is 211 Å². The molecule has 0 radical (unpaired) electrons. The lowest BCUT2D eigenvalue weighted by Crippen LogP contribution is -2.28. The lowest BCUT2D eigenvalue weighted by molar-refractivity contribution is -0.121. The minimum Gasteiger partial charge on any atom is -0.507 e. The topological polar surface area (TPSA) is 114 Å². The van der Waals surface area contributed by atoms with E-state index in [1.165, 1.54) is 0 Å². The fourth-order valence-corrected chi connectivity index (χ4v) is 4.90. The fraction of sp³-hybridized carbons (Fsp3) is 0.172. The van der Waals surface area contributed by atoms with Crippen molar-refractivity contribution in [3.8, 4) is 17.2 Å². The van der Waals surface area contributed by atoms with E-state index in [2.05, 4.69) is 10.3 Å². The molecule has 0 aliphatic carbocycles. The number of aromatic amines is 1. The molecule has 2 aromatic heterocycles. The zero-order valence-corrected chi connectivity index (χ0v) is 19.8. The van der Waals surface area contributed by atoms with Crippen LogP contribution in [0.5, 0.6) is 17.2 Å². The molecular formula is C29H24N2O6. The summed E-state index contributed by atoms with van der Waals surface area (Å²) in [6, 6.07) is 20.0. The molecule has 186 valence electrons. The maximum absolute atomic E-state index is 13.1. The second kappa shape index (κ2) is 9.39. The van der Waals surface area contributed by atoms with E-state index < -0.39 is 11.5 Å². The molecule has 1 atom stereocenters. The molecule has 0 fully saturated rings. The maximum atomic E-state index is 13.1. The van der Waals surface area contributed by atoms with Crippen LogP contribution >= 0.6 is 0 Å². The van der Waals surface area contributed by atoms with Gasteiger partial charge in [-0.1, -0.05) is 36.4 Å². The van der Waals surface area contributed by atoms with E-state index in [0.29, 0.717) is 35.4 Å². The van der Waals surface area contributed by atoms with Gasteiger partial charge in [-0.15, -0.1) is 0 Å². The second-order valence-corrected chi connectivity index (χ2v) is 8.98. The Bertz CT molecular complexity index is 1690. The van der Waals surface area contributed by atoms with Gasteiger partial charge in [0.1, 0.15) is 11.3 Å². The molecule has 1 amide bonds. The van der Waals surface area contributed by atoms with Crippen molar-refractivity contribution in [2.24, 2.45) is 0 Å². The zero-order chi connectivity index (χ0) is 25.4. The second-order valence-electron chi connectivity index (χ2n) is 8.98. The molecule has 0 spiro atoms. The number of amides is 1. The maximum Gasteiger partial charge on any atom is 0.343 e. The minimum absolute atomic E-state index is 0.0318. The number of rotatable bonds is 7. The summed E-state index contributed by atoms with van der Waals surface area (Å²) >= 11 is 0. The van der Waals surface area contributed by atoms with E-state index in [-0.39, 0.29) is 36.0 Å². The first-order valence-electron chi connectivity index (χ1n) is 12.0. The summed E-state index contributed by atoms with van der Waals surface area (Å²) in [5.74, 6) is -0.105. The van der Waals surface area contributed by atoms with Gasteiger partial charge in [0.2, 0.25) is 12.7 Å². The molecule has 8 nitrogen and oxygen atoms in total. The number of hydrogen-bond donors (Lipinski definition) is 3. The van der Waals surface area contributed by atoms with Gasteiger partial charge in [0.05, 0.1) is 10.9 Å². The summed E-state index contributed by atoms with van der Waals surface area (Å²) in [6.45, 7) is 0.522. The fourth-order valence-electron chi connectivity index (χ4n) is 4.90. The number of ether oxygens (including phenoxy) is 2. The lowest BCUT2D eigenvalue weighted by Gasteiger charge is -2.19. The Kier molecular flexibility index (Phi) is 5.76. The third-order valence-electron chi connectivity index (χ3n) is 6.75. The van der Waals surface area contributed by atoms with Crippen LogP contribution in [0.1, 0.15) is 29.0 Å². The number of fused-ring (bicyclic) bond motifs is 3. The first-order chi connectivity index (χ1) is 18.1. The molecule has 0 saturated heterocycles. The first kappa shape index (κ1) is 22.7. The van der Waals surface area contributed by atoms with Crippen molar-refractivity contribution in [3.05, 3.63) is 100 Å². The van der Waals surface area contributed by atoms with Gasteiger partial charge in [-0.25, -0.2) is 4.79 Å². The van der Waals surface area contributed by atoms with Crippen LogP contribution in [0, 0.1) is 0 Å². The minimum atomic E-state index is -0.761. The number of carbonyl (C=O) groups is 1. The molecule has 3 aromatic carbocycles. The predicted molar refractivity (Wildman–Crippen MR) is 138 cm³/mol. The highest BCUT2D eigenvalue weighted by molar-refractivity contribution is 5.85. The summed E-state index contributed by atoms with van der Waals surface area (Å²) in [6.07, 6.45) is 2.53. The summed E-state index contributed by atoms with van der Waals surface area (Å²) in [4.78, 5) is 29.4. The van der Waals surface area contributed by atoms with Gasteiger partial charge >= 0.3 is 5.63 Å². The highest BCUT2D eigenvalue weighted by atomic mass is 16.7. The smallest absolute Gasteiger partial charge is 0.343 e. The molecule has 1 aliphatic heterocycles. The van der Waals surface area contributed by atoms with Gasteiger partial charge in [-0.3, -0.25) is 4.79 Å². The Morgan fingerprint density at radius 1 is 1.00 bits per heavy atom. The van der Waals surface area contributed by atoms with Crippen molar-refractivity contribution in [2.45, 2.75) is 18.8 Å². The number of aromatic hydroxyl groups is 1. The zero-order valence-electron chi connectivity index (χ0n) is 19.8. The van der Waals surface area contributed by atoms with Crippen LogP contribution in [0.4, 0.5) is 0 Å². The van der Waals surface area contributed by atoms with E-state index >= 15 is 0 Å². The van der Waals surface area contributed by atoms with Crippen molar-refractivity contribution in [1.29, 1.82) is 0 Å². The molecular weight excluding hydrogens is 472 g/mol. The molecule has 5 aromatic rings. The number of H-pyrrole nitrogens is 1. The molecule has 0 bridgehead atoms. The van der Waals surface area contributed by atoms with E-state index in [0.717, 1.165) is 16.5 Å². The van der Waals surface area contributed by atoms with Crippen LogP contribution < -0.4 is 20.4 Å².